The molecule has 0 spiro atoms. The van der Waals surface area contributed by atoms with Gasteiger partial charge in [0, 0.05) is 6.20 Å². The lowest BCUT2D eigenvalue weighted by molar-refractivity contribution is 0.146. The Labute approximate surface area is 118 Å². The maximum absolute atomic E-state index is 5.47. The molecular weight excluding hydrogens is 252 g/mol. The highest BCUT2D eigenvalue weighted by atomic mass is 16.5. The van der Waals surface area contributed by atoms with Gasteiger partial charge in [-0.1, -0.05) is 19.0 Å². The molecule has 3 rings (SSSR count). The number of hydrogen-bond acceptors (Lipinski definition) is 5. The van der Waals surface area contributed by atoms with Gasteiger partial charge >= 0.3 is 0 Å². The summed E-state index contributed by atoms with van der Waals surface area (Å²) in [6.45, 7) is 7.49. The molecule has 2 aromatic heterocycles. The van der Waals surface area contributed by atoms with Gasteiger partial charge in [-0.25, -0.2) is 0 Å². The fourth-order valence-electron chi connectivity index (χ4n) is 2.75. The number of pyridine rings is 1. The van der Waals surface area contributed by atoms with Gasteiger partial charge in [-0.3, -0.25) is 4.98 Å². The van der Waals surface area contributed by atoms with Crippen LogP contribution in [0.15, 0.2) is 22.9 Å². The van der Waals surface area contributed by atoms with E-state index < -0.39 is 0 Å². The van der Waals surface area contributed by atoms with Crippen LogP contribution < -0.4 is 5.32 Å². The molecule has 1 aliphatic rings. The quantitative estimate of drug-likeness (QED) is 0.910. The Kier molecular flexibility index (Phi) is 3.30. The molecule has 106 valence electrons. The zero-order chi connectivity index (χ0) is 14.2. The summed E-state index contributed by atoms with van der Waals surface area (Å²) in [6.07, 6.45) is 4.11. The summed E-state index contributed by atoms with van der Waals surface area (Å²) in [5, 5.41) is 7.56. The van der Waals surface area contributed by atoms with E-state index in [1.165, 1.54) is 6.42 Å². The van der Waals surface area contributed by atoms with Crippen LogP contribution in [0.4, 0.5) is 0 Å². The van der Waals surface area contributed by atoms with Gasteiger partial charge in [-0.15, -0.1) is 0 Å². The molecule has 5 nitrogen and oxygen atoms in total. The van der Waals surface area contributed by atoms with Crippen molar-refractivity contribution < 1.29 is 4.52 Å². The van der Waals surface area contributed by atoms with Crippen molar-refractivity contribution in [1.82, 2.24) is 20.4 Å². The fraction of sp³-hybridized carbons (Fsp3) is 0.533. The second-order valence-electron chi connectivity index (χ2n) is 6.15. The second kappa shape index (κ2) is 4.98. The zero-order valence-electron chi connectivity index (χ0n) is 12.2. The Hall–Kier alpha value is -1.75. The molecule has 0 bridgehead atoms. The first kappa shape index (κ1) is 13.2. The van der Waals surface area contributed by atoms with Gasteiger partial charge in [0.1, 0.15) is 5.69 Å². The fourth-order valence-corrected chi connectivity index (χ4v) is 2.75. The highest BCUT2D eigenvalue weighted by Gasteiger charge is 2.37. The van der Waals surface area contributed by atoms with E-state index in [9.17, 15) is 0 Å². The maximum atomic E-state index is 5.47. The van der Waals surface area contributed by atoms with E-state index in [0.717, 1.165) is 24.2 Å². The van der Waals surface area contributed by atoms with E-state index >= 15 is 0 Å². The molecule has 1 fully saturated rings. The molecule has 1 N–H and O–H groups in total. The van der Waals surface area contributed by atoms with E-state index in [1.807, 2.05) is 19.1 Å². The predicted octanol–water partition coefficient (Wildman–Crippen LogP) is 2.89. The lowest BCUT2D eigenvalue weighted by Gasteiger charge is -2.36. The Balaban J connectivity index is 1.90. The van der Waals surface area contributed by atoms with E-state index in [1.54, 1.807) is 6.20 Å². The van der Waals surface area contributed by atoms with Crippen LogP contribution in [0.1, 0.15) is 44.2 Å². The van der Waals surface area contributed by atoms with E-state index in [0.29, 0.717) is 11.7 Å². The van der Waals surface area contributed by atoms with Gasteiger partial charge in [0.2, 0.25) is 11.7 Å². The zero-order valence-corrected chi connectivity index (χ0v) is 12.2. The number of hydrogen-bond donors (Lipinski definition) is 1. The third-order valence-electron chi connectivity index (χ3n) is 3.96. The monoisotopic (exact) mass is 272 g/mol. The van der Waals surface area contributed by atoms with Crippen LogP contribution in [0.3, 0.4) is 0 Å². The maximum Gasteiger partial charge on any atom is 0.244 e. The molecule has 5 heteroatoms. The normalized spacial score (nSPS) is 21.9. The second-order valence-corrected chi connectivity index (χ2v) is 6.15. The number of aromatic nitrogens is 3. The topological polar surface area (TPSA) is 63.8 Å². The van der Waals surface area contributed by atoms with E-state index in [4.69, 9.17) is 4.52 Å². The minimum absolute atomic E-state index is 0.113. The molecule has 0 aliphatic carbocycles. The summed E-state index contributed by atoms with van der Waals surface area (Å²) < 4.78 is 5.47. The average Bonchev–Trinajstić information content (AvgIpc) is 2.87. The molecule has 3 heterocycles. The predicted molar refractivity (Wildman–Crippen MR) is 76.0 cm³/mol. The van der Waals surface area contributed by atoms with Gasteiger partial charge in [0.05, 0.1) is 6.04 Å². The summed E-state index contributed by atoms with van der Waals surface area (Å²) in [6, 6.07) is 4.03. The standard InChI is InChI=1S/C15H20N4O/c1-10-5-8-16-11(9-10)13-18-14(20-19-13)12-15(2,3)6-4-7-17-12/h5,8-9,12,17H,4,6-7H2,1-3H3. The van der Waals surface area contributed by atoms with Crippen molar-refractivity contribution in [2.24, 2.45) is 5.41 Å². The number of nitrogens with zero attached hydrogens (tertiary/aromatic N) is 3. The molecule has 1 atom stereocenters. The minimum Gasteiger partial charge on any atom is -0.337 e. The van der Waals surface area contributed by atoms with Crippen LogP contribution in [0.5, 0.6) is 0 Å². The number of nitrogens with one attached hydrogen (secondary N) is 1. The summed E-state index contributed by atoms with van der Waals surface area (Å²) in [4.78, 5) is 8.84. The van der Waals surface area contributed by atoms with Gasteiger partial charge in [0.25, 0.3) is 0 Å². The van der Waals surface area contributed by atoms with Crippen molar-refractivity contribution in [3.8, 4) is 11.5 Å². The molecule has 2 aromatic rings. The van der Waals surface area contributed by atoms with Crippen molar-refractivity contribution in [1.29, 1.82) is 0 Å². The first-order chi connectivity index (χ1) is 9.56. The molecule has 1 saturated heterocycles. The third kappa shape index (κ3) is 2.45. The molecule has 0 saturated carbocycles. The summed E-state index contributed by atoms with van der Waals surface area (Å²) in [5.41, 5.74) is 2.02. The lowest BCUT2D eigenvalue weighted by atomic mass is 9.77. The summed E-state index contributed by atoms with van der Waals surface area (Å²) in [7, 11) is 0. The molecule has 0 radical (unpaired) electrons. The van der Waals surface area contributed by atoms with Crippen LogP contribution in [0.25, 0.3) is 11.5 Å². The van der Waals surface area contributed by atoms with E-state index in [-0.39, 0.29) is 11.5 Å². The first-order valence-corrected chi connectivity index (χ1v) is 7.06. The van der Waals surface area contributed by atoms with Gasteiger partial charge in [-0.05, 0) is 49.4 Å². The molecule has 20 heavy (non-hydrogen) atoms. The van der Waals surface area contributed by atoms with E-state index in [2.05, 4.69) is 34.3 Å². The van der Waals surface area contributed by atoms with Crippen molar-refractivity contribution in [3.05, 3.63) is 29.8 Å². The average molecular weight is 272 g/mol. The molecular formula is C15H20N4O. The molecule has 0 amide bonds. The number of aryl methyl sites for hydroxylation is 1. The van der Waals surface area contributed by atoms with Gasteiger partial charge in [-0.2, -0.15) is 4.98 Å². The lowest BCUT2D eigenvalue weighted by Crippen LogP contribution is -2.39. The highest BCUT2D eigenvalue weighted by Crippen LogP contribution is 2.39. The third-order valence-corrected chi connectivity index (χ3v) is 3.96. The molecule has 1 aliphatic heterocycles. The van der Waals surface area contributed by atoms with Crippen LogP contribution in [0.2, 0.25) is 0 Å². The Bertz CT molecular complexity index is 605. The van der Waals surface area contributed by atoms with Gasteiger partial charge in [0.15, 0.2) is 0 Å². The first-order valence-electron chi connectivity index (χ1n) is 7.06. The summed E-state index contributed by atoms with van der Waals surface area (Å²) >= 11 is 0. The molecule has 1 unspecified atom stereocenters. The van der Waals surface area contributed by atoms with Crippen LogP contribution in [-0.2, 0) is 0 Å². The van der Waals surface area contributed by atoms with Crippen molar-refractivity contribution in [2.45, 2.75) is 39.7 Å². The Morgan fingerprint density at radius 3 is 3.00 bits per heavy atom. The number of rotatable bonds is 2. The van der Waals surface area contributed by atoms with Crippen LogP contribution in [-0.4, -0.2) is 21.7 Å². The SMILES string of the molecule is Cc1ccnc(-c2noc(C3NCCCC3(C)C)n2)c1. The van der Waals surface area contributed by atoms with Crippen molar-refractivity contribution in [3.63, 3.8) is 0 Å². The summed E-state index contributed by atoms with van der Waals surface area (Å²) in [5.74, 6) is 1.22. The Morgan fingerprint density at radius 2 is 2.25 bits per heavy atom. The van der Waals surface area contributed by atoms with Crippen LogP contribution >= 0.6 is 0 Å². The largest absolute Gasteiger partial charge is 0.337 e. The Morgan fingerprint density at radius 1 is 1.40 bits per heavy atom. The van der Waals surface area contributed by atoms with Crippen LogP contribution in [0, 0.1) is 12.3 Å². The highest BCUT2D eigenvalue weighted by molar-refractivity contribution is 5.49. The minimum atomic E-state index is 0.113. The molecule has 0 aromatic carbocycles. The van der Waals surface area contributed by atoms with Crippen molar-refractivity contribution in [2.75, 3.05) is 6.54 Å². The van der Waals surface area contributed by atoms with Crippen molar-refractivity contribution >= 4 is 0 Å². The van der Waals surface area contributed by atoms with Gasteiger partial charge < -0.3 is 9.84 Å². The number of piperidine rings is 1. The smallest absolute Gasteiger partial charge is 0.244 e.